The number of hydrogen-bond donors (Lipinski definition) is 1. The van der Waals surface area contributed by atoms with E-state index in [1.54, 1.807) is 0 Å². The molecule has 1 heterocycles. The fraction of sp³-hybridized carbons (Fsp3) is 0.538. The molecule has 1 saturated heterocycles. The van der Waals surface area contributed by atoms with Crippen LogP contribution < -0.4 is 10.1 Å². The first-order valence-corrected chi connectivity index (χ1v) is 6.95. The summed E-state index contributed by atoms with van der Waals surface area (Å²) >= 11 is 1.97. The van der Waals surface area contributed by atoms with Gasteiger partial charge in [-0.15, -0.1) is 11.8 Å². The highest BCUT2D eigenvalue weighted by atomic mass is 32.2. The first-order valence-electron chi connectivity index (χ1n) is 5.90. The Bertz CT molecular complexity index is 342. The van der Waals surface area contributed by atoms with Gasteiger partial charge >= 0.3 is 0 Å². The van der Waals surface area contributed by atoms with Crippen molar-refractivity contribution in [3.63, 3.8) is 0 Å². The minimum absolute atomic E-state index is 0.431. The average Bonchev–Trinajstić information content (AvgIpc) is 2.74. The minimum Gasteiger partial charge on any atom is -0.494 e. The Morgan fingerprint density at radius 2 is 2.38 bits per heavy atom. The molecule has 0 aliphatic carbocycles. The van der Waals surface area contributed by atoms with E-state index in [1.807, 2.05) is 17.8 Å². The second kappa shape index (κ2) is 5.60. The van der Waals surface area contributed by atoms with Gasteiger partial charge in [0.05, 0.1) is 12.0 Å². The van der Waals surface area contributed by atoms with Crippen molar-refractivity contribution >= 4 is 11.8 Å². The van der Waals surface area contributed by atoms with E-state index in [0.29, 0.717) is 11.4 Å². The summed E-state index contributed by atoms with van der Waals surface area (Å²) in [6.07, 6.45) is 1.05. The third-order valence-corrected chi connectivity index (χ3v) is 4.02. The summed E-state index contributed by atoms with van der Waals surface area (Å²) in [5.74, 6) is 2.17. The van der Waals surface area contributed by atoms with Crippen LogP contribution in [0.3, 0.4) is 0 Å². The molecule has 1 aliphatic heterocycles. The Labute approximate surface area is 102 Å². The summed E-state index contributed by atoms with van der Waals surface area (Å²) in [4.78, 5) is 0. The van der Waals surface area contributed by atoms with Gasteiger partial charge in [0.15, 0.2) is 0 Å². The lowest BCUT2D eigenvalue weighted by atomic mass is 10.2. The molecule has 0 spiro atoms. The van der Waals surface area contributed by atoms with Crippen LogP contribution in [0.2, 0.25) is 0 Å². The van der Waals surface area contributed by atoms with E-state index < -0.39 is 0 Å². The van der Waals surface area contributed by atoms with Gasteiger partial charge in [0, 0.05) is 11.8 Å². The van der Waals surface area contributed by atoms with E-state index in [1.165, 1.54) is 11.3 Å². The van der Waals surface area contributed by atoms with Crippen LogP contribution in [0.1, 0.15) is 31.2 Å². The molecule has 0 amide bonds. The Hall–Kier alpha value is -0.670. The molecule has 16 heavy (non-hydrogen) atoms. The Morgan fingerprint density at radius 3 is 3.06 bits per heavy atom. The van der Waals surface area contributed by atoms with Gasteiger partial charge in [-0.1, -0.05) is 19.1 Å². The van der Waals surface area contributed by atoms with Crippen LogP contribution in [0.15, 0.2) is 24.3 Å². The van der Waals surface area contributed by atoms with Crippen LogP contribution in [0.4, 0.5) is 0 Å². The number of rotatable bonds is 4. The lowest BCUT2D eigenvalue weighted by Gasteiger charge is -2.13. The van der Waals surface area contributed by atoms with Crippen molar-refractivity contribution in [3.8, 4) is 5.75 Å². The van der Waals surface area contributed by atoms with Crippen LogP contribution in [0.5, 0.6) is 5.75 Å². The largest absolute Gasteiger partial charge is 0.494 e. The molecule has 0 radical (unpaired) electrons. The highest BCUT2D eigenvalue weighted by molar-refractivity contribution is 7.99. The van der Waals surface area contributed by atoms with Gasteiger partial charge in [0.1, 0.15) is 5.75 Å². The first-order chi connectivity index (χ1) is 7.79. The van der Waals surface area contributed by atoms with Crippen molar-refractivity contribution in [2.75, 3.05) is 12.4 Å². The second-order valence-electron chi connectivity index (χ2n) is 4.20. The van der Waals surface area contributed by atoms with Crippen LogP contribution >= 0.6 is 11.8 Å². The summed E-state index contributed by atoms with van der Waals surface area (Å²) in [5, 5.41) is 3.99. The first kappa shape index (κ1) is 11.8. The zero-order valence-electron chi connectivity index (χ0n) is 9.90. The molecule has 0 bridgehead atoms. The van der Waals surface area contributed by atoms with Crippen molar-refractivity contribution in [2.24, 2.45) is 0 Å². The van der Waals surface area contributed by atoms with Crippen molar-refractivity contribution in [2.45, 2.75) is 31.7 Å². The van der Waals surface area contributed by atoms with E-state index in [9.17, 15) is 0 Å². The number of ether oxygens (including phenoxy) is 1. The lowest BCUT2D eigenvalue weighted by molar-refractivity contribution is 0.317. The fourth-order valence-electron chi connectivity index (χ4n) is 1.77. The zero-order valence-corrected chi connectivity index (χ0v) is 10.7. The predicted octanol–water partition coefficient (Wildman–Crippen LogP) is 3.20. The molecule has 3 heteroatoms. The van der Waals surface area contributed by atoms with Crippen LogP contribution in [0, 0.1) is 0 Å². The molecule has 88 valence electrons. The molecular formula is C13H19NOS. The monoisotopic (exact) mass is 237 g/mol. The summed E-state index contributed by atoms with van der Waals surface area (Å²) in [6.45, 7) is 5.15. The molecule has 2 unspecified atom stereocenters. The van der Waals surface area contributed by atoms with E-state index >= 15 is 0 Å². The molecule has 2 rings (SSSR count). The summed E-state index contributed by atoms with van der Waals surface area (Å²) < 4.78 is 5.65. The van der Waals surface area contributed by atoms with Crippen LogP contribution in [-0.2, 0) is 0 Å². The molecule has 1 aromatic rings. The maximum absolute atomic E-state index is 5.65. The molecule has 1 aliphatic rings. The molecule has 2 atom stereocenters. The Morgan fingerprint density at radius 1 is 1.50 bits per heavy atom. The quantitative estimate of drug-likeness (QED) is 0.869. The average molecular weight is 237 g/mol. The van der Waals surface area contributed by atoms with Crippen molar-refractivity contribution in [1.29, 1.82) is 0 Å². The molecule has 0 aromatic heterocycles. The van der Waals surface area contributed by atoms with Crippen molar-refractivity contribution in [1.82, 2.24) is 5.32 Å². The lowest BCUT2D eigenvalue weighted by Crippen LogP contribution is -2.21. The molecule has 1 fully saturated rings. The smallest absolute Gasteiger partial charge is 0.119 e. The minimum atomic E-state index is 0.431. The number of thioether (sulfide) groups is 1. The number of nitrogens with one attached hydrogen (secondary N) is 1. The fourth-order valence-corrected chi connectivity index (χ4v) is 3.02. The Balaban J connectivity index is 2.04. The van der Waals surface area contributed by atoms with Crippen molar-refractivity contribution < 1.29 is 4.74 Å². The maximum atomic E-state index is 5.65. The van der Waals surface area contributed by atoms with Gasteiger partial charge in [-0.05, 0) is 31.0 Å². The van der Waals surface area contributed by atoms with Gasteiger partial charge in [-0.3, -0.25) is 5.32 Å². The topological polar surface area (TPSA) is 21.3 Å². The third-order valence-electron chi connectivity index (χ3n) is 2.58. The molecule has 0 saturated carbocycles. The third kappa shape index (κ3) is 2.92. The predicted molar refractivity (Wildman–Crippen MR) is 70.0 cm³/mol. The SMILES string of the molecule is CCCOc1cccc(C2NC(C)CS2)c1. The standard InChI is InChI=1S/C13H19NOS/c1-3-7-15-12-6-4-5-11(8-12)13-14-10(2)9-16-13/h4-6,8,10,13-14H,3,7,9H2,1-2H3. The van der Waals surface area contributed by atoms with Crippen LogP contribution in [0.25, 0.3) is 0 Å². The van der Waals surface area contributed by atoms with Crippen LogP contribution in [-0.4, -0.2) is 18.4 Å². The Kier molecular flexibility index (Phi) is 4.13. The highest BCUT2D eigenvalue weighted by Crippen LogP contribution is 2.33. The molecule has 2 nitrogen and oxygen atoms in total. The van der Waals surface area contributed by atoms with Gasteiger partial charge in [-0.2, -0.15) is 0 Å². The molecule has 1 N–H and O–H groups in total. The van der Waals surface area contributed by atoms with Gasteiger partial charge in [0.25, 0.3) is 0 Å². The normalized spacial score (nSPS) is 24.6. The summed E-state index contributed by atoms with van der Waals surface area (Å²) in [7, 11) is 0. The number of hydrogen-bond acceptors (Lipinski definition) is 3. The highest BCUT2D eigenvalue weighted by Gasteiger charge is 2.22. The van der Waals surface area contributed by atoms with E-state index in [-0.39, 0.29) is 0 Å². The van der Waals surface area contributed by atoms with E-state index in [0.717, 1.165) is 18.8 Å². The maximum Gasteiger partial charge on any atom is 0.119 e. The van der Waals surface area contributed by atoms with Crippen molar-refractivity contribution in [3.05, 3.63) is 29.8 Å². The van der Waals surface area contributed by atoms with E-state index in [4.69, 9.17) is 4.74 Å². The summed E-state index contributed by atoms with van der Waals surface area (Å²) in [5.41, 5.74) is 1.32. The van der Waals surface area contributed by atoms with E-state index in [2.05, 4.69) is 37.4 Å². The zero-order chi connectivity index (χ0) is 11.4. The molecular weight excluding hydrogens is 218 g/mol. The van der Waals surface area contributed by atoms with Gasteiger partial charge in [-0.25, -0.2) is 0 Å². The summed E-state index contributed by atoms with van der Waals surface area (Å²) in [6, 6.07) is 9.03. The van der Waals surface area contributed by atoms with Gasteiger partial charge in [0.2, 0.25) is 0 Å². The molecule has 1 aromatic carbocycles. The number of benzene rings is 1. The van der Waals surface area contributed by atoms with Gasteiger partial charge < -0.3 is 4.74 Å². The second-order valence-corrected chi connectivity index (χ2v) is 5.34.